The Morgan fingerprint density at radius 3 is 2.69 bits per heavy atom. The largest absolute Gasteiger partial charge is 0.341 e. The van der Waals surface area contributed by atoms with Gasteiger partial charge in [-0.05, 0) is 32.2 Å². The average Bonchev–Trinajstić information content (AvgIpc) is 2.81. The summed E-state index contributed by atoms with van der Waals surface area (Å²) < 4.78 is 0. The highest BCUT2D eigenvalue weighted by Gasteiger charge is 2.27. The van der Waals surface area contributed by atoms with Gasteiger partial charge < -0.3 is 10.2 Å². The molecular formula is C13H24N2O. The number of likely N-dealkylation sites (N-methyl/N-ethyl adjacent to an activating group) is 1. The molecule has 1 N–H and O–H groups in total. The molecule has 2 fully saturated rings. The van der Waals surface area contributed by atoms with Crippen molar-refractivity contribution in [2.45, 2.75) is 51.0 Å². The number of carbonyl (C=O) groups excluding carboxylic acids is 1. The monoisotopic (exact) mass is 224 g/mol. The zero-order valence-corrected chi connectivity index (χ0v) is 10.4. The van der Waals surface area contributed by atoms with Crippen LogP contribution in [0.25, 0.3) is 0 Å². The van der Waals surface area contributed by atoms with Gasteiger partial charge in [0.25, 0.3) is 0 Å². The van der Waals surface area contributed by atoms with Crippen molar-refractivity contribution in [1.82, 2.24) is 10.2 Å². The van der Waals surface area contributed by atoms with Gasteiger partial charge >= 0.3 is 0 Å². The summed E-state index contributed by atoms with van der Waals surface area (Å²) in [6.45, 7) is 1.96. The van der Waals surface area contributed by atoms with E-state index in [1.807, 2.05) is 7.05 Å². The van der Waals surface area contributed by atoms with E-state index in [4.69, 9.17) is 0 Å². The molecular weight excluding hydrogens is 200 g/mol. The van der Waals surface area contributed by atoms with Gasteiger partial charge in [0.15, 0.2) is 0 Å². The summed E-state index contributed by atoms with van der Waals surface area (Å²) >= 11 is 0. The van der Waals surface area contributed by atoms with E-state index in [1.165, 1.54) is 32.1 Å². The lowest BCUT2D eigenvalue weighted by Gasteiger charge is -2.32. The second-order valence-corrected chi connectivity index (χ2v) is 5.25. The lowest BCUT2D eigenvalue weighted by molar-refractivity contribution is -0.135. The molecule has 1 unspecified atom stereocenters. The molecule has 0 spiro atoms. The fraction of sp³-hybridized carbons (Fsp3) is 0.923. The Morgan fingerprint density at radius 2 is 2.00 bits per heavy atom. The molecule has 92 valence electrons. The molecule has 1 amide bonds. The van der Waals surface area contributed by atoms with Crippen molar-refractivity contribution in [2.75, 3.05) is 20.1 Å². The summed E-state index contributed by atoms with van der Waals surface area (Å²) in [5.41, 5.74) is 0. The summed E-state index contributed by atoms with van der Waals surface area (Å²) in [4.78, 5) is 14.1. The van der Waals surface area contributed by atoms with Gasteiger partial charge in [-0.3, -0.25) is 4.79 Å². The van der Waals surface area contributed by atoms with Crippen molar-refractivity contribution < 1.29 is 4.79 Å². The summed E-state index contributed by atoms with van der Waals surface area (Å²) in [6, 6.07) is 0.0809. The molecule has 1 atom stereocenters. The van der Waals surface area contributed by atoms with Crippen molar-refractivity contribution in [1.29, 1.82) is 0 Å². The van der Waals surface area contributed by atoms with Crippen LogP contribution in [0.4, 0.5) is 0 Å². The minimum atomic E-state index is 0.0809. The van der Waals surface area contributed by atoms with E-state index < -0.39 is 0 Å². The molecule has 1 saturated heterocycles. The molecule has 1 heterocycles. The Labute approximate surface area is 98.6 Å². The normalized spacial score (nSPS) is 27.7. The fourth-order valence-corrected chi connectivity index (χ4v) is 3.07. The van der Waals surface area contributed by atoms with Gasteiger partial charge in [0.2, 0.25) is 5.91 Å². The first-order valence-electron chi connectivity index (χ1n) is 6.77. The Hall–Kier alpha value is -0.570. The zero-order chi connectivity index (χ0) is 11.4. The number of likely N-dealkylation sites (tertiary alicyclic amines) is 1. The molecule has 1 aliphatic heterocycles. The van der Waals surface area contributed by atoms with Crippen molar-refractivity contribution >= 4 is 5.91 Å². The third kappa shape index (κ3) is 2.76. The predicted octanol–water partition coefficient (Wildman–Crippen LogP) is 1.78. The SMILES string of the molecule is CNC1CCCN(CCC2CCCC2)C1=O. The van der Waals surface area contributed by atoms with Crippen LogP contribution in [0.2, 0.25) is 0 Å². The molecule has 0 bridgehead atoms. The number of nitrogens with one attached hydrogen (secondary N) is 1. The highest BCUT2D eigenvalue weighted by molar-refractivity contribution is 5.82. The number of piperidine rings is 1. The molecule has 3 heteroatoms. The molecule has 1 saturated carbocycles. The highest BCUT2D eigenvalue weighted by Crippen LogP contribution is 2.28. The van der Waals surface area contributed by atoms with E-state index in [-0.39, 0.29) is 6.04 Å². The van der Waals surface area contributed by atoms with E-state index in [1.54, 1.807) is 0 Å². The first kappa shape index (κ1) is 11.9. The summed E-state index contributed by atoms with van der Waals surface area (Å²) in [7, 11) is 1.89. The Kier molecular flexibility index (Phi) is 4.22. The maximum atomic E-state index is 12.0. The first-order valence-corrected chi connectivity index (χ1v) is 6.77. The van der Waals surface area contributed by atoms with Gasteiger partial charge in [0.05, 0.1) is 6.04 Å². The van der Waals surface area contributed by atoms with Crippen molar-refractivity contribution in [3.05, 3.63) is 0 Å². The van der Waals surface area contributed by atoms with Crippen molar-refractivity contribution in [3.63, 3.8) is 0 Å². The topological polar surface area (TPSA) is 32.3 Å². The lowest BCUT2D eigenvalue weighted by Crippen LogP contribution is -2.50. The first-order chi connectivity index (χ1) is 7.81. The average molecular weight is 224 g/mol. The second kappa shape index (κ2) is 5.67. The summed E-state index contributed by atoms with van der Waals surface area (Å²) in [6.07, 6.45) is 8.96. The van der Waals surface area contributed by atoms with E-state index in [9.17, 15) is 4.79 Å². The maximum Gasteiger partial charge on any atom is 0.239 e. The minimum absolute atomic E-state index is 0.0809. The number of hydrogen-bond donors (Lipinski definition) is 1. The van der Waals surface area contributed by atoms with Crippen LogP contribution in [-0.4, -0.2) is 37.0 Å². The third-order valence-corrected chi connectivity index (χ3v) is 4.16. The molecule has 16 heavy (non-hydrogen) atoms. The Morgan fingerprint density at radius 1 is 1.25 bits per heavy atom. The van der Waals surface area contributed by atoms with Crippen LogP contribution in [0.5, 0.6) is 0 Å². The summed E-state index contributed by atoms with van der Waals surface area (Å²) in [5, 5.41) is 3.12. The fourth-order valence-electron chi connectivity index (χ4n) is 3.07. The maximum absolute atomic E-state index is 12.0. The van der Waals surface area contributed by atoms with Crippen LogP contribution < -0.4 is 5.32 Å². The molecule has 0 radical (unpaired) electrons. The quantitative estimate of drug-likeness (QED) is 0.789. The van der Waals surface area contributed by atoms with E-state index >= 15 is 0 Å². The zero-order valence-electron chi connectivity index (χ0n) is 10.4. The van der Waals surface area contributed by atoms with Crippen LogP contribution in [0.1, 0.15) is 44.9 Å². The third-order valence-electron chi connectivity index (χ3n) is 4.16. The Bertz CT molecular complexity index is 236. The minimum Gasteiger partial charge on any atom is -0.341 e. The van der Waals surface area contributed by atoms with E-state index in [0.717, 1.165) is 31.8 Å². The van der Waals surface area contributed by atoms with E-state index in [2.05, 4.69) is 10.2 Å². The van der Waals surface area contributed by atoms with Crippen LogP contribution in [0, 0.1) is 5.92 Å². The standard InChI is InChI=1S/C13H24N2O/c1-14-12-7-4-9-15(13(12)16)10-8-11-5-2-3-6-11/h11-12,14H,2-10H2,1H3. The molecule has 0 aromatic rings. The van der Waals surface area contributed by atoms with Crippen LogP contribution in [0.3, 0.4) is 0 Å². The lowest BCUT2D eigenvalue weighted by atomic mass is 10.0. The van der Waals surface area contributed by atoms with Gasteiger partial charge in [-0.25, -0.2) is 0 Å². The van der Waals surface area contributed by atoms with Gasteiger partial charge in [0, 0.05) is 13.1 Å². The highest BCUT2D eigenvalue weighted by atomic mass is 16.2. The second-order valence-electron chi connectivity index (χ2n) is 5.25. The molecule has 0 aromatic carbocycles. The van der Waals surface area contributed by atoms with Crippen LogP contribution >= 0.6 is 0 Å². The number of hydrogen-bond acceptors (Lipinski definition) is 2. The van der Waals surface area contributed by atoms with Gasteiger partial charge in [0.1, 0.15) is 0 Å². The number of nitrogens with zero attached hydrogens (tertiary/aromatic N) is 1. The smallest absolute Gasteiger partial charge is 0.239 e. The van der Waals surface area contributed by atoms with Crippen molar-refractivity contribution in [3.8, 4) is 0 Å². The van der Waals surface area contributed by atoms with Gasteiger partial charge in [-0.2, -0.15) is 0 Å². The Balaban J connectivity index is 1.77. The van der Waals surface area contributed by atoms with Crippen molar-refractivity contribution in [2.24, 2.45) is 5.92 Å². The molecule has 2 rings (SSSR count). The van der Waals surface area contributed by atoms with Gasteiger partial charge in [-0.1, -0.05) is 25.7 Å². The number of rotatable bonds is 4. The molecule has 0 aromatic heterocycles. The van der Waals surface area contributed by atoms with Crippen LogP contribution in [0.15, 0.2) is 0 Å². The number of amides is 1. The molecule has 3 nitrogen and oxygen atoms in total. The van der Waals surface area contributed by atoms with E-state index in [0.29, 0.717) is 5.91 Å². The molecule has 1 aliphatic carbocycles. The van der Waals surface area contributed by atoms with Crippen LogP contribution in [-0.2, 0) is 4.79 Å². The summed E-state index contributed by atoms with van der Waals surface area (Å²) in [5.74, 6) is 1.22. The number of carbonyl (C=O) groups is 1. The molecule has 2 aliphatic rings. The predicted molar refractivity (Wildman–Crippen MR) is 65.2 cm³/mol. The van der Waals surface area contributed by atoms with Gasteiger partial charge in [-0.15, -0.1) is 0 Å².